The summed E-state index contributed by atoms with van der Waals surface area (Å²) < 4.78 is 8.76. The highest BCUT2D eigenvalue weighted by atomic mass is 16.5. The summed E-state index contributed by atoms with van der Waals surface area (Å²) in [5.74, 6) is 1.02. The van der Waals surface area contributed by atoms with Gasteiger partial charge in [0.2, 0.25) is 0 Å². The number of aromatic nitrogens is 2. The third-order valence-electron chi connectivity index (χ3n) is 3.45. The van der Waals surface area contributed by atoms with Crippen LogP contribution < -0.4 is 16.2 Å². The van der Waals surface area contributed by atoms with Crippen LogP contribution in [-0.2, 0) is 14.1 Å². The Bertz CT molecular complexity index is 893. The molecule has 0 atom stereocenters. The minimum atomic E-state index is -0.126. The third-order valence-corrected chi connectivity index (χ3v) is 3.45. The lowest BCUT2D eigenvalue weighted by atomic mass is 10.2. The summed E-state index contributed by atoms with van der Waals surface area (Å²) in [6.07, 6.45) is 0. The van der Waals surface area contributed by atoms with Crippen molar-refractivity contribution >= 4 is 16.7 Å². The third kappa shape index (κ3) is 2.10. The van der Waals surface area contributed by atoms with Gasteiger partial charge in [-0.1, -0.05) is 6.07 Å². The first-order valence-corrected chi connectivity index (χ1v) is 6.39. The van der Waals surface area contributed by atoms with E-state index in [4.69, 9.17) is 10.5 Å². The van der Waals surface area contributed by atoms with Gasteiger partial charge in [-0.25, -0.2) is 4.79 Å². The van der Waals surface area contributed by atoms with Gasteiger partial charge in [0.25, 0.3) is 0 Å². The SMILES string of the molecule is Cn1c(=O)n(C)c2cc(Oc3cccc(O)c3)c(N)cc21. The Morgan fingerprint density at radius 2 is 1.76 bits per heavy atom. The zero-order valence-electron chi connectivity index (χ0n) is 11.7. The lowest BCUT2D eigenvalue weighted by molar-refractivity contribution is 0.456. The van der Waals surface area contributed by atoms with E-state index in [0.29, 0.717) is 17.2 Å². The maximum atomic E-state index is 11.9. The van der Waals surface area contributed by atoms with Crippen LogP contribution in [-0.4, -0.2) is 14.2 Å². The lowest BCUT2D eigenvalue weighted by Crippen LogP contribution is -2.19. The van der Waals surface area contributed by atoms with E-state index in [1.165, 1.54) is 15.2 Å². The number of imidazole rings is 1. The Morgan fingerprint density at radius 1 is 1.10 bits per heavy atom. The molecule has 6 heteroatoms. The minimum absolute atomic E-state index is 0.110. The average molecular weight is 285 g/mol. The number of rotatable bonds is 2. The number of hydrogen-bond donors (Lipinski definition) is 2. The van der Waals surface area contributed by atoms with Gasteiger partial charge < -0.3 is 15.6 Å². The van der Waals surface area contributed by atoms with Crippen LogP contribution in [0.25, 0.3) is 11.0 Å². The number of phenolic OH excluding ortho intramolecular Hbond substituents is 1. The van der Waals surface area contributed by atoms with E-state index in [2.05, 4.69) is 0 Å². The molecule has 1 heterocycles. The van der Waals surface area contributed by atoms with Crippen LogP contribution in [0, 0.1) is 0 Å². The van der Waals surface area contributed by atoms with Crippen molar-refractivity contribution in [2.75, 3.05) is 5.73 Å². The second-order valence-electron chi connectivity index (χ2n) is 4.88. The molecule has 21 heavy (non-hydrogen) atoms. The minimum Gasteiger partial charge on any atom is -0.508 e. The number of aromatic hydroxyl groups is 1. The van der Waals surface area contributed by atoms with Crippen molar-refractivity contribution in [3.63, 3.8) is 0 Å². The molecular formula is C15H15N3O3. The molecule has 0 bridgehead atoms. The van der Waals surface area contributed by atoms with Crippen molar-refractivity contribution in [3.05, 3.63) is 46.9 Å². The molecule has 108 valence electrons. The number of nitrogens with two attached hydrogens (primary N) is 1. The van der Waals surface area contributed by atoms with Crippen molar-refractivity contribution in [1.29, 1.82) is 0 Å². The number of phenols is 1. The second kappa shape index (κ2) is 4.59. The maximum absolute atomic E-state index is 11.9. The standard InChI is InChI=1S/C15H15N3O3/c1-17-12-7-11(16)14(8-13(12)18(2)15(17)20)21-10-5-3-4-9(19)6-10/h3-8,19H,16H2,1-2H3. The first kappa shape index (κ1) is 13.1. The van der Waals surface area contributed by atoms with Gasteiger partial charge in [0.05, 0.1) is 16.7 Å². The molecule has 3 N–H and O–H groups in total. The molecule has 0 aliphatic rings. The van der Waals surface area contributed by atoms with E-state index in [1.807, 2.05) is 0 Å². The normalized spacial score (nSPS) is 11.0. The predicted molar refractivity (Wildman–Crippen MR) is 80.8 cm³/mol. The van der Waals surface area contributed by atoms with Gasteiger partial charge in [0, 0.05) is 26.2 Å². The molecule has 0 amide bonds. The predicted octanol–water partition coefficient (Wildman–Crippen LogP) is 1.96. The molecule has 0 unspecified atom stereocenters. The first-order valence-electron chi connectivity index (χ1n) is 6.39. The average Bonchev–Trinajstić information content (AvgIpc) is 2.65. The molecule has 0 spiro atoms. The van der Waals surface area contributed by atoms with Crippen molar-refractivity contribution in [1.82, 2.24) is 9.13 Å². The fourth-order valence-corrected chi connectivity index (χ4v) is 2.30. The number of nitrogen functional groups attached to an aromatic ring is 1. The van der Waals surface area contributed by atoms with Crippen molar-refractivity contribution in [2.45, 2.75) is 0 Å². The van der Waals surface area contributed by atoms with Crippen molar-refractivity contribution in [3.8, 4) is 17.2 Å². The number of anilines is 1. The fourth-order valence-electron chi connectivity index (χ4n) is 2.30. The molecule has 0 saturated carbocycles. The molecule has 0 saturated heterocycles. The lowest BCUT2D eigenvalue weighted by Gasteiger charge is -2.09. The summed E-state index contributed by atoms with van der Waals surface area (Å²) in [5.41, 5.74) is 7.75. The van der Waals surface area contributed by atoms with E-state index in [0.717, 1.165) is 11.0 Å². The number of benzene rings is 2. The summed E-state index contributed by atoms with van der Waals surface area (Å²) in [5, 5.41) is 9.46. The van der Waals surface area contributed by atoms with Crippen molar-refractivity contribution in [2.24, 2.45) is 14.1 Å². The summed E-state index contributed by atoms with van der Waals surface area (Å²) in [7, 11) is 3.39. The van der Waals surface area contributed by atoms with Crippen LogP contribution >= 0.6 is 0 Å². The molecule has 3 rings (SSSR count). The highest BCUT2D eigenvalue weighted by Crippen LogP contribution is 2.32. The van der Waals surface area contributed by atoms with Gasteiger partial charge in [-0.05, 0) is 18.2 Å². The van der Waals surface area contributed by atoms with Crippen LogP contribution in [0.2, 0.25) is 0 Å². The zero-order valence-corrected chi connectivity index (χ0v) is 11.7. The zero-order chi connectivity index (χ0) is 15.1. The highest BCUT2D eigenvalue weighted by molar-refractivity contribution is 5.83. The van der Waals surface area contributed by atoms with Gasteiger partial charge in [0.15, 0.2) is 5.75 Å². The van der Waals surface area contributed by atoms with Crippen LogP contribution in [0.15, 0.2) is 41.2 Å². The summed E-state index contributed by atoms with van der Waals surface area (Å²) in [6.45, 7) is 0. The number of nitrogens with zero attached hydrogens (tertiary/aromatic N) is 2. The largest absolute Gasteiger partial charge is 0.508 e. The Hall–Kier alpha value is -2.89. The van der Waals surface area contributed by atoms with Gasteiger partial charge >= 0.3 is 5.69 Å². The molecule has 1 aromatic heterocycles. The molecule has 0 aliphatic heterocycles. The Balaban J connectivity index is 2.13. The molecule has 3 aromatic rings. The van der Waals surface area contributed by atoms with Crippen LogP contribution in [0.1, 0.15) is 0 Å². The Labute approximate surface area is 120 Å². The van der Waals surface area contributed by atoms with Crippen molar-refractivity contribution < 1.29 is 9.84 Å². The fraction of sp³-hybridized carbons (Fsp3) is 0.133. The number of ether oxygens (including phenoxy) is 1. The molecule has 2 aromatic carbocycles. The number of fused-ring (bicyclic) bond motifs is 1. The molecule has 0 radical (unpaired) electrons. The quantitative estimate of drug-likeness (QED) is 0.705. The summed E-state index contributed by atoms with van der Waals surface area (Å²) in [6, 6.07) is 9.87. The van der Waals surface area contributed by atoms with Gasteiger partial charge in [-0.2, -0.15) is 0 Å². The monoisotopic (exact) mass is 285 g/mol. The van der Waals surface area contributed by atoms with E-state index >= 15 is 0 Å². The van der Waals surface area contributed by atoms with Crippen LogP contribution in [0.4, 0.5) is 5.69 Å². The van der Waals surface area contributed by atoms with E-state index < -0.39 is 0 Å². The maximum Gasteiger partial charge on any atom is 0.328 e. The summed E-state index contributed by atoms with van der Waals surface area (Å²) in [4.78, 5) is 11.9. The smallest absolute Gasteiger partial charge is 0.328 e. The molecule has 6 nitrogen and oxygen atoms in total. The van der Waals surface area contributed by atoms with E-state index in [1.54, 1.807) is 44.4 Å². The van der Waals surface area contributed by atoms with Crippen LogP contribution in [0.3, 0.4) is 0 Å². The first-order chi connectivity index (χ1) is 9.97. The molecular weight excluding hydrogens is 270 g/mol. The van der Waals surface area contributed by atoms with E-state index in [9.17, 15) is 9.90 Å². The Morgan fingerprint density at radius 3 is 2.43 bits per heavy atom. The number of aryl methyl sites for hydroxylation is 2. The second-order valence-corrected chi connectivity index (χ2v) is 4.88. The van der Waals surface area contributed by atoms with Gasteiger partial charge in [0.1, 0.15) is 11.5 Å². The Kier molecular flexibility index (Phi) is 2.86. The topological polar surface area (TPSA) is 82.4 Å². The van der Waals surface area contributed by atoms with Gasteiger partial charge in [-0.3, -0.25) is 9.13 Å². The molecule has 0 aliphatic carbocycles. The van der Waals surface area contributed by atoms with Crippen LogP contribution in [0.5, 0.6) is 17.2 Å². The van der Waals surface area contributed by atoms with Gasteiger partial charge in [-0.15, -0.1) is 0 Å². The number of hydrogen-bond acceptors (Lipinski definition) is 4. The highest BCUT2D eigenvalue weighted by Gasteiger charge is 2.12. The van der Waals surface area contributed by atoms with E-state index in [-0.39, 0.29) is 11.4 Å². The molecule has 0 fully saturated rings. The summed E-state index contributed by atoms with van der Waals surface area (Å²) >= 11 is 0.